The average Bonchev–Trinajstić information content (AvgIpc) is 3.36. The lowest BCUT2D eigenvalue weighted by Gasteiger charge is -2.11. The standard InChI is InChI=1S/C31H44O4/c1-3-5-7-9-10-12-22-33-28-18-16-26(17-19-28)31(32)35-29-20-14-25(15-21-29)27-23-30(34-24-27)13-11-8-6-4-2/h14-21,27,30H,3-13,22-24H2,1-2H3/t27-,30+/m1/s1. The molecule has 4 heteroatoms. The van der Waals surface area contributed by atoms with Crippen LogP contribution in [0.15, 0.2) is 48.5 Å². The van der Waals surface area contributed by atoms with Gasteiger partial charge in [-0.15, -0.1) is 0 Å². The number of carbonyl (C=O) groups is 1. The molecule has 0 spiro atoms. The summed E-state index contributed by atoms with van der Waals surface area (Å²) in [6.07, 6.45) is 15.2. The van der Waals surface area contributed by atoms with Crippen LogP contribution in [0.25, 0.3) is 0 Å². The van der Waals surface area contributed by atoms with Gasteiger partial charge in [0.2, 0.25) is 0 Å². The van der Waals surface area contributed by atoms with Crippen molar-refractivity contribution in [3.63, 3.8) is 0 Å². The molecule has 192 valence electrons. The van der Waals surface area contributed by atoms with Crippen LogP contribution in [0.4, 0.5) is 0 Å². The van der Waals surface area contributed by atoms with Gasteiger partial charge in [-0.05, 0) is 61.2 Å². The Balaban J connectivity index is 1.38. The maximum atomic E-state index is 12.6. The maximum Gasteiger partial charge on any atom is 0.343 e. The number of carbonyl (C=O) groups excluding carboxylic acids is 1. The summed E-state index contributed by atoms with van der Waals surface area (Å²) in [4.78, 5) is 12.6. The fraction of sp³-hybridized carbons (Fsp3) is 0.581. The topological polar surface area (TPSA) is 44.8 Å². The third-order valence-corrected chi connectivity index (χ3v) is 6.88. The lowest BCUT2D eigenvalue weighted by molar-refractivity contribution is 0.0734. The lowest BCUT2D eigenvalue weighted by atomic mass is 9.94. The van der Waals surface area contributed by atoms with Crippen molar-refractivity contribution in [3.05, 3.63) is 59.7 Å². The first-order valence-electron chi connectivity index (χ1n) is 13.9. The molecule has 0 aliphatic carbocycles. The predicted molar refractivity (Wildman–Crippen MR) is 143 cm³/mol. The van der Waals surface area contributed by atoms with E-state index in [-0.39, 0.29) is 5.97 Å². The van der Waals surface area contributed by atoms with Gasteiger partial charge in [0, 0.05) is 5.92 Å². The van der Waals surface area contributed by atoms with Gasteiger partial charge < -0.3 is 14.2 Å². The van der Waals surface area contributed by atoms with Crippen molar-refractivity contribution in [2.24, 2.45) is 0 Å². The summed E-state index contributed by atoms with van der Waals surface area (Å²) in [5, 5.41) is 0. The highest BCUT2D eigenvalue weighted by Gasteiger charge is 2.26. The summed E-state index contributed by atoms with van der Waals surface area (Å²) in [6.45, 7) is 5.97. The van der Waals surface area contributed by atoms with E-state index in [9.17, 15) is 4.79 Å². The van der Waals surface area contributed by atoms with Gasteiger partial charge in [-0.1, -0.05) is 83.8 Å². The molecular formula is C31H44O4. The molecule has 0 amide bonds. The molecule has 0 radical (unpaired) electrons. The van der Waals surface area contributed by atoms with Gasteiger partial charge >= 0.3 is 5.97 Å². The fourth-order valence-electron chi connectivity index (χ4n) is 4.67. The van der Waals surface area contributed by atoms with Gasteiger partial charge in [0.1, 0.15) is 11.5 Å². The highest BCUT2D eigenvalue weighted by atomic mass is 16.5. The molecule has 2 aromatic carbocycles. The van der Waals surface area contributed by atoms with Gasteiger partial charge in [-0.3, -0.25) is 0 Å². The Kier molecular flexibility index (Phi) is 12.2. The minimum absolute atomic E-state index is 0.350. The molecule has 1 aliphatic heterocycles. The first-order valence-corrected chi connectivity index (χ1v) is 13.9. The third-order valence-electron chi connectivity index (χ3n) is 6.88. The molecule has 2 aromatic rings. The van der Waals surface area contributed by atoms with E-state index in [4.69, 9.17) is 14.2 Å². The summed E-state index contributed by atoms with van der Waals surface area (Å²) in [6, 6.07) is 15.1. The molecule has 3 rings (SSSR count). The smallest absolute Gasteiger partial charge is 0.343 e. The van der Waals surface area contributed by atoms with Crippen LogP contribution in [-0.4, -0.2) is 25.3 Å². The van der Waals surface area contributed by atoms with E-state index in [1.807, 2.05) is 24.3 Å². The minimum atomic E-state index is -0.350. The van der Waals surface area contributed by atoms with Crippen molar-refractivity contribution in [1.29, 1.82) is 0 Å². The lowest BCUT2D eigenvalue weighted by Crippen LogP contribution is -2.08. The van der Waals surface area contributed by atoms with Crippen molar-refractivity contribution in [2.45, 2.75) is 103 Å². The van der Waals surface area contributed by atoms with Crippen LogP contribution < -0.4 is 9.47 Å². The largest absolute Gasteiger partial charge is 0.494 e. The second-order valence-electron chi connectivity index (χ2n) is 9.84. The van der Waals surface area contributed by atoms with Crippen molar-refractivity contribution in [1.82, 2.24) is 0 Å². The maximum absolute atomic E-state index is 12.6. The molecule has 0 N–H and O–H groups in total. The van der Waals surface area contributed by atoms with Gasteiger partial charge in [0.15, 0.2) is 0 Å². The highest BCUT2D eigenvalue weighted by Crippen LogP contribution is 2.32. The number of hydrogen-bond donors (Lipinski definition) is 0. The van der Waals surface area contributed by atoms with Crippen LogP contribution in [-0.2, 0) is 4.74 Å². The van der Waals surface area contributed by atoms with Crippen molar-refractivity contribution >= 4 is 5.97 Å². The molecule has 4 nitrogen and oxygen atoms in total. The summed E-state index contributed by atoms with van der Waals surface area (Å²) < 4.78 is 17.4. The highest BCUT2D eigenvalue weighted by molar-refractivity contribution is 5.91. The molecule has 0 aromatic heterocycles. The van der Waals surface area contributed by atoms with Crippen molar-refractivity contribution < 1.29 is 19.0 Å². The Morgan fingerprint density at radius 3 is 2.14 bits per heavy atom. The van der Waals surface area contributed by atoms with Gasteiger partial charge in [-0.2, -0.15) is 0 Å². The quantitative estimate of drug-likeness (QED) is 0.137. The zero-order valence-corrected chi connectivity index (χ0v) is 21.8. The van der Waals surface area contributed by atoms with Crippen LogP contribution >= 0.6 is 0 Å². The first-order chi connectivity index (χ1) is 17.2. The number of rotatable bonds is 16. The minimum Gasteiger partial charge on any atom is -0.494 e. The number of esters is 1. The van der Waals surface area contributed by atoms with Gasteiger partial charge in [-0.25, -0.2) is 4.79 Å². The molecule has 0 unspecified atom stereocenters. The Labute approximate surface area is 212 Å². The van der Waals surface area contributed by atoms with E-state index in [2.05, 4.69) is 26.0 Å². The van der Waals surface area contributed by atoms with E-state index in [1.54, 1.807) is 12.1 Å². The summed E-state index contributed by atoms with van der Waals surface area (Å²) in [7, 11) is 0. The summed E-state index contributed by atoms with van der Waals surface area (Å²) >= 11 is 0. The SMILES string of the molecule is CCCCCCCCOc1ccc(C(=O)Oc2ccc([C@H]3CO[C@@H](CCCCCC)C3)cc2)cc1. The molecule has 1 aliphatic rings. The van der Waals surface area contributed by atoms with E-state index in [0.717, 1.165) is 31.6 Å². The van der Waals surface area contributed by atoms with E-state index in [0.29, 0.717) is 29.9 Å². The zero-order valence-electron chi connectivity index (χ0n) is 21.8. The molecule has 0 bridgehead atoms. The molecule has 1 saturated heterocycles. The van der Waals surface area contributed by atoms with Crippen molar-refractivity contribution in [2.75, 3.05) is 13.2 Å². The molecule has 1 fully saturated rings. The molecule has 2 atom stereocenters. The number of ether oxygens (including phenoxy) is 3. The van der Waals surface area contributed by atoms with Crippen LogP contribution in [0.2, 0.25) is 0 Å². The monoisotopic (exact) mass is 480 g/mol. The Bertz CT molecular complexity index is 843. The Morgan fingerprint density at radius 1 is 0.800 bits per heavy atom. The zero-order chi connectivity index (χ0) is 24.7. The third kappa shape index (κ3) is 9.68. The Hall–Kier alpha value is -2.33. The second kappa shape index (κ2) is 15.6. The fourth-order valence-corrected chi connectivity index (χ4v) is 4.67. The molecule has 35 heavy (non-hydrogen) atoms. The van der Waals surface area contributed by atoms with Crippen LogP contribution in [0.3, 0.4) is 0 Å². The van der Waals surface area contributed by atoms with Gasteiger partial charge in [0.25, 0.3) is 0 Å². The number of benzene rings is 2. The number of hydrogen-bond acceptors (Lipinski definition) is 4. The summed E-state index contributed by atoms with van der Waals surface area (Å²) in [5.74, 6) is 1.44. The van der Waals surface area contributed by atoms with E-state index < -0.39 is 0 Å². The van der Waals surface area contributed by atoms with Crippen LogP contribution in [0.5, 0.6) is 11.5 Å². The molecular weight excluding hydrogens is 436 g/mol. The predicted octanol–water partition coefficient (Wildman–Crippen LogP) is 8.49. The number of unbranched alkanes of at least 4 members (excludes halogenated alkanes) is 8. The average molecular weight is 481 g/mol. The second-order valence-corrected chi connectivity index (χ2v) is 9.84. The first kappa shape index (κ1) is 27.3. The van der Waals surface area contributed by atoms with Crippen LogP contribution in [0.1, 0.15) is 113 Å². The van der Waals surface area contributed by atoms with Crippen molar-refractivity contribution in [3.8, 4) is 11.5 Å². The van der Waals surface area contributed by atoms with E-state index in [1.165, 1.54) is 63.4 Å². The molecule has 0 saturated carbocycles. The Morgan fingerprint density at radius 2 is 1.43 bits per heavy atom. The summed E-state index contributed by atoms with van der Waals surface area (Å²) in [5.41, 5.74) is 1.78. The molecule has 1 heterocycles. The van der Waals surface area contributed by atoms with E-state index >= 15 is 0 Å². The normalized spacial score (nSPS) is 17.4. The van der Waals surface area contributed by atoms with Gasteiger partial charge in [0.05, 0.1) is 24.9 Å². The van der Waals surface area contributed by atoms with Crippen LogP contribution in [0, 0.1) is 0 Å².